The van der Waals surface area contributed by atoms with Crippen molar-refractivity contribution in [3.63, 3.8) is 0 Å². The molecule has 0 unspecified atom stereocenters. The maximum Gasteiger partial charge on any atom is 0.152 e. The summed E-state index contributed by atoms with van der Waals surface area (Å²) >= 11 is 3.16. The number of halogens is 1. The normalized spacial score (nSPS) is 9.64. The van der Waals surface area contributed by atoms with E-state index in [9.17, 15) is 0 Å². The third-order valence-corrected chi connectivity index (χ3v) is 2.14. The minimum Gasteiger partial charge on any atom is -0.390 e. The van der Waals surface area contributed by atoms with Crippen molar-refractivity contribution in [2.75, 3.05) is 0 Å². The van der Waals surface area contributed by atoms with Crippen LogP contribution < -0.4 is 0 Å². The highest BCUT2D eigenvalue weighted by atomic mass is 79.9. The number of aliphatic hydroxyl groups is 1. The number of nitriles is 1. The summed E-state index contributed by atoms with van der Waals surface area (Å²) in [5, 5.41) is 21.2. The van der Waals surface area contributed by atoms with E-state index in [0.29, 0.717) is 15.9 Å². The Balaban J connectivity index is 3.28. The lowest BCUT2D eigenvalue weighted by atomic mass is 10.4. The molecule has 1 aromatic heterocycles. The fraction of sp³-hybridized carbons (Fsp3) is 0.333. The van der Waals surface area contributed by atoms with E-state index in [1.54, 1.807) is 7.05 Å². The molecule has 0 aliphatic rings. The molecule has 0 saturated carbocycles. The van der Waals surface area contributed by atoms with E-state index in [1.165, 1.54) is 4.68 Å². The Morgan fingerprint density at radius 2 is 2.45 bits per heavy atom. The van der Waals surface area contributed by atoms with Crippen molar-refractivity contribution in [2.45, 2.75) is 6.61 Å². The van der Waals surface area contributed by atoms with E-state index in [2.05, 4.69) is 21.0 Å². The number of nitrogens with zero attached hydrogens (tertiary/aromatic N) is 3. The molecule has 0 aliphatic carbocycles. The molecule has 58 valence electrons. The zero-order chi connectivity index (χ0) is 8.43. The van der Waals surface area contributed by atoms with Gasteiger partial charge in [0.25, 0.3) is 0 Å². The molecule has 0 spiro atoms. The van der Waals surface area contributed by atoms with E-state index in [-0.39, 0.29) is 6.61 Å². The van der Waals surface area contributed by atoms with E-state index in [0.717, 1.165) is 0 Å². The summed E-state index contributed by atoms with van der Waals surface area (Å²) in [4.78, 5) is 0. The zero-order valence-corrected chi connectivity index (χ0v) is 7.46. The van der Waals surface area contributed by atoms with Crippen molar-refractivity contribution in [2.24, 2.45) is 7.05 Å². The highest BCUT2D eigenvalue weighted by Gasteiger charge is 2.11. The van der Waals surface area contributed by atoms with Crippen LogP contribution in [0.25, 0.3) is 0 Å². The number of rotatable bonds is 1. The summed E-state index contributed by atoms with van der Waals surface area (Å²) in [6.45, 7) is -0.157. The molecule has 0 atom stereocenters. The lowest BCUT2D eigenvalue weighted by Gasteiger charge is -1.86. The molecule has 1 aromatic rings. The van der Waals surface area contributed by atoms with Gasteiger partial charge in [0.2, 0.25) is 0 Å². The van der Waals surface area contributed by atoms with Crippen LogP contribution in [-0.2, 0) is 13.7 Å². The molecule has 0 aliphatic heterocycles. The molecular weight excluding hydrogens is 210 g/mol. The van der Waals surface area contributed by atoms with Crippen LogP contribution in [0.5, 0.6) is 0 Å². The van der Waals surface area contributed by atoms with E-state index < -0.39 is 0 Å². The summed E-state index contributed by atoms with van der Waals surface area (Å²) in [5.41, 5.74) is 0.915. The van der Waals surface area contributed by atoms with Gasteiger partial charge in [-0.1, -0.05) is 0 Å². The van der Waals surface area contributed by atoms with Gasteiger partial charge in [0.1, 0.15) is 11.8 Å². The second-order valence-electron chi connectivity index (χ2n) is 2.00. The fourth-order valence-corrected chi connectivity index (χ4v) is 1.33. The zero-order valence-electron chi connectivity index (χ0n) is 5.87. The minimum absolute atomic E-state index is 0.157. The standard InChI is InChI=1S/C6H6BrN3O/c1-10-5(2-8)6(7)4(3-11)9-10/h11H,3H2,1H3. The van der Waals surface area contributed by atoms with E-state index >= 15 is 0 Å². The molecule has 1 N–H and O–H groups in total. The Kier molecular flexibility index (Phi) is 2.27. The highest BCUT2D eigenvalue weighted by Crippen LogP contribution is 2.19. The second-order valence-corrected chi connectivity index (χ2v) is 2.80. The van der Waals surface area contributed by atoms with Crippen LogP contribution in [-0.4, -0.2) is 14.9 Å². The van der Waals surface area contributed by atoms with Crippen molar-refractivity contribution in [1.82, 2.24) is 9.78 Å². The maximum absolute atomic E-state index is 8.74. The molecule has 0 saturated heterocycles. The van der Waals surface area contributed by atoms with Gasteiger partial charge < -0.3 is 5.11 Å². The Morgan fingerprint density at radius 3 is 2.73 bits per heavy atom. The topological polar surface area (TPSA) is 61.8 Å². The van der Waals surface area contributed by atoms with Crippen LogP contribution in [0, 0.1) is 11.3 Å². The van der Waals surface area contributed by atoms with Crippen molar-refractivity contribution < 1.29 is 5.11 Å². The van der Waals surface area contributed by atoms with E-state index in [1.807, 2.05) is 6.07 Å². The first kappa shape index (κ1) is 8.24. The number of hydrogen-bond donors (Lipinski definition) is 1. The minimum atomic E-state index is -0.157. The number of aryl methyl sites for hydroxylation is 1. The Labute approximate surface area is 72.2 Å². The summed E-state index contributed by atoms with van der Waals surface area (Å²) in [7, 11) is 1.66. The second kappa shape index (κ2) is 3.03. The summed E-state index contributed by atoms with van der Waals surface area (Å²) < 4.78 is 2.00. The molecule has 5 heteroatoms. The molecule has 0 bridgehead atoms. The molecule has 1 rings (SSSR count). The number of hydrogen-bond acceptors (Lipinski definition) is 3. The lowest BCUT2D eigenvalue weighted by Crippen LogP contribution is -1.94. The smallest absolute Gasteiger partial charge is 0.152 e. The van der Waals surface area contributed by atoms with Crippen molar-refractivity contribution in [1.29, 1.82) is 5.26 Å². The van der Waals surface area contributed by atoms with Gasteiger partial charge in [-0.3, -0.25) is 4.68 Å². The molecule has 1 heterocycles. The van der Waals surface area contributed by atoms with Gasteiger partial charge in [-0.25, -0.2) is 0 Å². The molecule has 11 heavy (non-hydrogen) atoms. The van der Waals surface area contributed by atoms with Gasteiger partial charge in [0.05, 0.1) is 11.1 Å². The molecule has 0 radical (unpaired) electrons. The average molecular weight is 216 g/mol. The first-order valence-corrected chi connectivity index (χ1v) is 3.72. The molecule has 0 fully saturated rings. The van der Waals surface area contributed by atoms with Gasteiger partial charge in [-0.05, 0) is 15.9 Å². The van der Waals surface area contributed by atoms with Crippen LogP contribution >= 0.6 is 15.9 Å². The molecule has 4 nitrogen and oxygen atoms in total. The molecular formula is C6H6BrN3O. The maximum atomic E-state index is 8.74. The first-order valence-electron chi connectivity index (χ1n) is 2.93. The van der Waals surface area contributed by atoms with Gasteiger partial charge in [0, 0.05) is 7.05 Å². The average Bonchev–Trinajstić information content (AvgIpc) is 2.26. The van der Waals surface area contributed by atoms with Crippen molar-refractivity contribution in [3.05, 3.63) is 15.9 Å². The summed E-state index contributed by atoms with van der Waals surface area (Å²) in [5.74, 6) is 0. The fourth-order valence-electron chi connectivity index (χ4n) is 0.776. The molecule has 0 amide bonds. The van der Waals surface area contributed by atoms with Gasteiger partial charge in [-0.2, -0.15) is 10.4 Å². The van der Waals surface area contributed by atoms with Crippen LogP contribution in [0.15, 0.2) is 4.47 Å². The number of aromatic nitrogens is 2. The lowest BCUT2D eigenvalue weighted by molar-refractivity contribution is 0.275. The van der Waals surface area contributed by atoms with Gasteiger partial charge in [-0.15, -0.1) is 0 Å². The Hall–Kier alpha value is -0.860. The quantitative estimate of drug-likeness (QED) is 0.745. The summed E-state index contributed by atoms with van der Waals surface area (Å²) in [6, 6.07) is 1.96. The van der Waals surface area contributed by atoms with Gasteiger partial charge >= 0.3 is 0 Å². The molecule has 0 aromatic carbocycles. The number of aliphatic hydroxyl groups excluding tert-OH is 1. The van der Waals surface area contributed by atoms with Gasteiger partial charge in [0.15, 0.2) is 5.69 Å². The van der Waals surface area contributed by atoms with Crippen molar-refractivity contribution >= 4 is 15.9 Å². The third kappa shape index (κ3) is 1.27. The van der Waals surface area contributed by atoms with E-state index in [4.69, 9.17) is 10.4 Å². The predicted octanol–water partition coefficient (Wildman–Crippen LogP) is 0.547. The highest BCUT2D eigenvalue weighted by molar-refractivity contribution is 9.10. The Morgan fingerprint density at radius 1 is 1.82 bits per heavy atom. The van der Waals surface area contributed by atoms with Crippen LogP contribution in [0.2, 0.25) is 0 Å². The Bertz CT molecular complexity index is 312. The van der Waals surface area contributed by atoms with Crippen LogP contribution in [0.4, 0.5) is 0 Å². The SMILES string of the molecule is Cn1nc(CO)c(Br)c1C#N. The predicted molar refractivity (Wildman–Crippen MR) is 41.5 cm³/mol. The monoisotopic (exact) mass is 215 g/mol. The van der Waals surface area contributed by atoms with Crippen LogP contribution in [0.3, 0.4) is 0 Å². The van der Waals surface area contributed by atoms with Crippen LogP contribution in [0.1, 0.15) is 11.4 Å². The first-order chi connectivity index (χ1) is 5.20. The largest absolute Gasteiger partial charge is 0.390 e. The van der Waals surface area contributed by atoms with Crippen molar-refractivity contribution in [3.8, 4) is 6.07 Å². The summed E-state index contributed by atoms with van der Waals surface area (Å²) in [6.07, 6.45) is 0. The third-order valence-electron chi connectivity index (χ3n) is 1.31.